The van der Waals surface area contributed by atoms with Crippen LogP contribution in [0.25, 0.3) is 10.8 Å². The fourth-order valence-corrected chi connectivity index (χ4v) is 2.61. The largest absolute Gasteiger partial charge is 0.418 e. The molecule has 5 nitrogen and oxygen atoms in total. The van der Waals surface area contributed by atoms with Crippen molar-refractivity contribution in [2.45, 2.75) is 6.54 Å². The number of rotatable bonds is 3. The Labute approximate surface area is 120 Å². The molecule has 0 fully saturated rings. The van der Waals surface area contributed by atoms with Crippen molar-refractivity contribution in [1.29, 1.82) is 0 Å². The van der Waals surface area contributed by atoms with Gasteiger partial charge in [0.25, 0.3) is 11.4 Å². The lowest BCUT2D eigenvalue weighted by atomic mass is 10.4. The average Bonchev–Trinajstić information content (AvgIpc) is 3.04. The quantitative estimate of drug-likeness (QED) is 0.737. The van der Waals surface area contributed by atoms with Gasteiger partial charge in [-0.25, -0.2) is 0 Å². The fraction of sp³-hybridized carbons (Fsp3) is 0.0833. The topological polar surface area (TPSA) is 60.9 Å². The van der Waals surface area contributed by atoms with E-state index in [0.717, 1.165) is 9.35 Å². The van der Waals surface area contributed by atoms with E-state index in [-0.39, 0.29) is 12.1 Å². The van der Waals surface area contributed by atoms with Crippen molar-refractivity contribution in [2.24, 2.45) is 0 Å². The zero-order chi connectivity index (χ0) is 13.2. The first kappa shape index (κ1) is 12.3. The summed E-state index contributed by atoms with van der Waals surface area (Å²) in [5.74, 6) is 0.886. The zero-order valence-electron chi connectivity index (χ0n) is 9.62. The van der Waals surface area contributed by atoms with E-state index < -0.39 is 0 Å². The molecular weight excluding hydrogens is 330 g/mol. The molecular formula is C12H8BrN3O2S. The molecule has 0 saturated heterocycles. The van der Waals surface area contributed by atoms with Crippen molar-refractivity contribution in [3.8, 4) is 10.8 Å². The molecule has 0 amide bonds. The summed E-state index contributed by atoms with van der Waals surface area (Å²) < 4.78 is 7.87. The van der Waals surface area contributed by atoms with E-state index >= 15 is 0 Å². The van der Waals surface area contributed by atoms with E-state index in [9.17, 15) is 4.79 Å². The third-order valence-corrected chi connectivity index (χ3v) is 3.78. The smallest absolute Gasteiger partial charge is 0.257 e. The summed E-state index contributed by atoms with van der Waals surface area (Å²) in [6, 6.07) is 7.01. The minimum atomic E-state index is -0.112. The number of halogens is 1. The molecule has 0 atom stereocenters. The van der Waals surface area contributed by atoms with E-state index in [1.165, 1.54) is 22.0 Å². The Morgan fingerprint density at radius 3 is 3.00 bits per heavy atom. The van der Waals surface area contributed by atoms with Crippen LogP contribution in [0, 0.1) is 0 Å². The van der Waals surface area contributed by atoms with Crippen molar-refractivity contribution in [2.75, 3.05) is 0 Å². The van der Waals surface area contributed by atoms with E-state index in [1.54, 1.807) is 12.3 Å². The highest BCUT2D eigenvalue weighted by atomic mass is 79.9. The van der Waals surface area contributed by atoms with Crippen molar-refractivity contribution in [1.82, 2.24) is 14.8 Å². The van der Waals surface area contributed by atoms with Gasteiger partial charge >= 0.3 is 0 Å². The van der Waals surface area contributed by atoms with Gasteiger partial charge in [0, 0.05) is 16.7 Å². The third-order valence-electron chi connectivity index (χ3n) is 2.45. The minimum Gasteiger partial charge on any atom is -0.418 e. The van der Waals surface area contributed by atoms with Crippen LogP contribution in [-0.4, -0.2) is 14.8 Å². The maximum absolute atomic E-state index is 11.7. The molecule has 0 aliphatic carbocycles. The lowest BCUT2D eigenvalue weighted by molar-refractivity contribution is 0.485. The van der Waals surface area contributed by atoms with Gasteiger partial charge in [0.1, 0.15) is 6.54 Å². The predicted octanol–water partition coefficient (Wildman–Crippen LogP) is 2.77. The highest BCUT2D eigenvalue weighted by Crippen LogP contribution is 2.23. The third kappa shape index (κ3) is 2.66. The summed E-state index contributed by atoms with van der Waals surface area (Å²) in [4.78, 5) is 12.6. The van der Waals surface area contributed by atoms with Crippen molar-refractivity contribution in [3.05, 3.63) is 56.6 Å². The summed E-state index contributed by atoms with van der Waals surface area (Å²) in [6.45, 7) is 0.261. The van der Waals surface area contributed by atoms with Crippen LogP contribution < -0.4 is 5.56 Å². The van der Waals surface area contributed by atoms with Crippen LogP contribution in [0.1, 0.15) is 5.89 Å². The molecule has 0 aromatic carbocycles. The molecule has 96 valence electrons. The number of nitrogens with zero attached hydrogens (tertiary/aromatic N) is 3. The number of thiophene rings is 1. The van der Waals surface area contributed by atoms with Gasteiger partial charge in [-0.15, -0.1) is 21.5 Å². The molecule has 7 heteroatoms. The Kier molecular flexibility index (Phi) is 3.31. The normalized spacial score (nSPS) is 10.8. The van der Waals surface area contributed by atoms with Crippen molar-refractivity contribution in [3.63, 3.8) is 0 Å². The Bertz CT molecular complexity index is 748. The Morgan fingerprint density at radius 1 is 1.32 bits per heavy atom. The Morgan fingerprint density at radius 2 is 2.21 bits per heavy atom. The van der Waals surface area contributed by atoms with Crippen LogP contribution in [0.2, 0.25) is 0 Å². The first-order valence-electron chi connectivity index (χ1n) is 5.44. The van der Waals surface area contributed by atoms with Gasteiger partial charge in [-0.05, 0) is 33.4 Å². The Balaban J connectivity index is 1.88. The van der Waals surface area contributed by atoms with Gasteiger partial charge in [-0.2, -0.15) is 0 Å². The molecule has 0 unspecified atom stereocenters. The van der Waals surface area contributed by atoms with Crippen LogP contribution in [0.5, 0.6) is 0 Å². The molecule has 0 radical (unpaired) electrons. The summed E-state index contributed by atoms with van der Waals surface area (Å²) in [5.41, 5.74) is -0.112. The standard InChI is InChI=1S/C12H8BrN3O2S/c13-8-3-4-11(17)16(6-8)7-10-14-15-12(18-10)9-2-1-5-19-9/h1-6H,7H2. The molecule has 0 N–H and O–H groups in total. The fourth-order valence-electron chi connectivity index (χ4n) is 1.59. The zero-order valence-corrected chi connectivity index (χ0v) is 12.0. The minimum absolute atomic E-state index is 0.112. The molecule has 0 aliphatic rings. The van der Waals surface area contributed by atoms with Gasteiger partial charge in [0.15, 0.2) is 0 Å². The highest BCUT2D eigenvalue weighted by molar-refractivity contribution is 9.10. The molecule has 19 heavy (non-hydrogen) atoms. The average molecular weight is 338 g/mol. The molecule has 3 aromatic rings. The van der Waals surface area contributed by atoms with Crippen molar-refractivity contribution < 1.29 is 4.42 Å². The lowest BCUT2D eigenvalue weighted by Crippen LogP contribution is -2.18. The molecule has 0 saturated carbocycles. The van der Waals surface area contributed by atoms with Gasteiger partial charge in [0.2, 0.25) is 5.89 Å². The van der Waals surface area contributed by atoms with Crippen LogP contribution >= 0.6 is 27.3 Å². The highest BCUT2D eigenvalue weighted by Gasteiger charge is 2.10. The molecule has 3 rings (SSSR count). The summed E-state index contributed by atoms with van der Waals surface area (Å²) >= 11 is 4.85. The van der Waals surface area contributed by atoms with Crippen LogP contribution in [-0.2, 0) is 6.54 Å². The first-order valence-corrected chi connectivity index (χ1v) is 7.12. The van der Waals surface area contributed by atoms with Crippen LogP contribution in [0.15, 0.2) is 49.5 Å². The second kappa shape index (κ2) is 5.10. The number of pyridine rings is 1. The number of hydrogen-bond acceptors (Lipinski definition) is 5. The van der Waals surface area contributed by atoms with Gasteiger partial charge in [-0.3, -0.25) is 4.79 Å². The van der Waals surface area contributed by atoms with Gasteiger partial charge in [-0.1, -0.05) is 6.07 Å². The van der Waals surface area contributed by atoms with Crippen LogP contribution in [0.3, 0.4) is 0 Å². The van der Waals surface area contributed by atoms with Crippen molar-refractivity contribution >= 4 is 27.3 Å². The Hall–Kier alpha value is -1.73. The molecule has 3 heterocycles. The first-order chi connectivity index (χ1) is 9.22. The lowest BCUT2D eigenvalue weighted by Gasteiger charge is -2.01. The van der Waals surface area contributed by atoms with Crippen LogP contribution in [0.4, 0.5) is 0 Å². The van der Waals surface area contributed by atoms with Gasteiger partial charge in [0.05, 0.1) is 4.88 Å². The monoisotopic (exact) mass is 337 g/mol. The SMILES string of the molecule is O=c1ccc(Br)cn1Cc1nnc(-c2cccs2)o1. The molecule has 0 aliphatic heterocycles. The number of hydrogen-bond donors (Lipinski definition) is 0. The molecule has 3 aromatic heterocycles. The maximum atomic E-state index is 11.7. The van der Waals surface area contributed by atoms with Gasteiger partial charge < -0.3 is 8.98 Å². The second-order valence-electron chi connectivity index (χ2n) is 3.79. The summed E-state index contributed by atoms with van der Waals surface area (Å²) in [6.07, 6.45) is 1.69. The maximum Gasteiger partial charge on any atom is 0.257 e. The summed E-state index contributed by atoms with van der Waals surface area (Å²) in [7, 11) is 0. The summed E-state index contributed by atoms with van der Waals surface area (Å²) in [5, 5.41) is 9.87. The predicted molar refractivity (Wildman–Crippen MR) is 75.1 cm³/mol. The molecule has 0 bridgehead atoms. The van der Waals surface area contributed by atoms with E-state index in [1.807, 2.05) is 17.5 Å². The molecule has 0 spiro atoms. The number of aromatic nitrogens is 3. The van der Waals surface area contributed by atoms with E-state index in [2.05, 4.69) is 26.1 Å². The second-order valence-corrected chi connectivity index (χ2v) is 5.66. The van der Waals surface area contributed by atoms with E-state index in [0.29, 0.717) is 11.8 Å². The van der Waals surface area contributed by atoms with E-state index in [4.69, 9.17) is 4.42 Å².